The number of hydrogen-bond acceptors (Lipinski definition) is 3. The van der Waals surface area contributed by atoms with Gasteiger partial charge in [-0.05, 0) is 35.8 Å². The zero-order chi connectivity index (χ0) is 14.4. The van der Waals surface area contributed by atoms with Crippen LogP contribution in [-0.2, 0) is 24.2 Å². The van der Waals surface area contributed by atoms with Gasteiger partial charge in [0.2, 0.25) is 0 Å². The predicted octanol–water partition coefficient (Wildman–Crippen LogP) is 2.59. The Bertz CT molecular complexity index is 429. The summed E-state index contributed by atoms with van der Waals surface area (Å²) in [5, 5.41) is 7.74. The van der Waals surface area contributed by atoms with Gasteiger partial charge in [-0.15, -0.1) is 0 Å². The van der Waals surface area contributed by atoms with E-state index in [0.717, 1.165) is 41.9 Å². The first-order valence-corrected chi connectivity index (χ1v) is 7.81. The Morgan fingerprint density at radius 3 is 2.63 bits per heavy atom. The molecule has 0 aromatic carbocycles. The van der Waals surface area contributed by atoms with Gasteiger partial charge < -0.3 is 5.32 Å². The molecule has 0 aliphatic carbocycles. The van der Waals surface area contributed by atoms with E-state index in [1.54, 1.807) is 0 Å². The molecule has 0 amide bonds. The average Bonchev–Trinajstić information content (AvgIpc) is 2.72. The van der Waals surface area contributed by atoms with Crippen molar-refractivity contribution >= 4 is 21.7 Å². The number of carbonyl (C=O) groups is 1. The third-order valence-corrected chi connectivity index (χ3v) is 4.20. The van der Waals surface area contributed by atoms with Crippen molar-refractivity contribution in [3.8, 4) is 0 Å². The molecule has 1 rings (SSSR count). The minimum absolute atomic E-state index is 0.0390. The number of aromatic nitrogens is 2. The van der Waals surface area contributed by atoms with Crippen LogP contribution >= 0.6 is 15.9 Å². The van der Waals surface area contributed by atoms with E-state index in [0.29, 0.717) is 6.42 Å². The van der Waals surface area contributed by atoms with Crippen LogP contribution in [0.3, 0.4) is 0 Å². The molecule has 5 heteroatoms. The first-order chi connectivity index (χ1) is 9.04. The van der Waals surface area contributed by atoms with Crippen molar-refractivity contribution < 1.29 is 4.79 Å². The molecule has 0 aliphatic rings. The molecule has 19 heavy (non-hydrogen) atoms. The molecule has 1 atom stereocenters. The quantitative estimate of drug-likeness (QED) is 0.797. The minimum Gasteiger partial charge on any atom is -0.316 e. The Morgan fingerprint density at radius 1 is 1.42 bits per heavy atom. The summed E-state index contributed by atoms with van der Waals surface area (Å²) >= 11 is 3.58. The molecule has 0 saturated heterocycles. The van der Waals surface area contributed by atoms with Crippen LogP contribution in [0.5, 0.6) is 0 Å². The van der Waals surface area contributed by atoms with E-state index in [-0.39, 0.29) is 11.7 Å². The smallest absolute Gasteiger partial charge is 0.142 e. The molecular weight excluding hydrogens is 306 g/mol. The zero-order valence-electron chi connectivity index (χ0n) is 12.3. The number of hydrogen-bond donors (Lipinski definition) is 1. The second-order valence-corrected chi connectivity index (χ2v) is 5.52. The summed E-state index contributed by atoms with van der Waals surface area (Å²) in [4.78, 5) is 12.2. The number of nitrogens with one attached hydrogen (secondary N) is 1. The Labute approximate surface area is 124 Å². The summed E-state index contributed by atoms with van der Waals surface area (Å²) in [7, 11) is 0. The molecule has 4 nitrogen and oxygen atoms in total. The van der Waals surface area contributed by atoms with Gasteiger partial charge in [-0.1, -0.05) is 20.8 Å². The number of nitrogens with zero attached hydrogens (tertiary/aromatic N) is 2. The lowest BCUT2D eigenvalue weighted by Crippen LogP contribution is -2.28. The number of aryl methyl sites for hydroxylation is 2. The van der Waals surface area contributed by atoms with Gasteiger partial charge >= 0.3 is 0 Å². The summed E-state index contributed by atoms with van der Waals surface area (Å²) in [6.45, 7) is 10.6. The largest absolute Gasteiger partial charge is 0.316 e. The van der Waals surface area contributed by atoms with Crippen LogP contribution in [0.1, 0.15) is 39.1 Å². The maximum atomic E-state index is 12.2. The van der Waals surface area contributed by atoms with Gasteiger partial charge in [0.1, 0.15) is 5.78 Å². The maximum absolute atomic E-state index is 12.2. The Hall–Kier alpha value is -0.680. The van der Waals surface area contributed by atoms with E-state index in [4.69, 9.17) is 0 Å². The van der Waals surface area contributed by atoms with Crippen molar-refractivity contribution in [2.75, 3.05) is 13.1 Å². The fourth-order valence-electron chi connectivity index (χ4n) is 2.00. The Balaban J connectivity index is 2.81. The van der Waals surface area contributed by atoms with E-state index >= 15 is 0 Å². The van der Waals surface area contributed by atoms with Crippen LogP contribution in [0.15, 0.2) is 4.47 Å². The highest BCUT2D eigenvalue weighted by Crippen LogP contribution is 2.23. The first kappa shape index (κ1) is 16.4. The topological polar surface area (TPSA) is 46.9 Å². The molecule has 1 aromatic heterocycles. The molecule has 0 spiro atoms. The third kappa shape index (κ3) is 4.14. The van der Waals surface area contributed by atoms with Crippen LogP contribution < -0.4 is 5.32 Å². The van der Waals surface area contributed by atoms with Crippen LogP contribution in [-0.4, -0.2) is 28.7 Å². The van der Waals surface area contributed by atoms with E-state index in [1.807, 2.05) is 18.5 Å². The van der Waals surface area contributed by atoms with E-state index < -0.39 is 0 Å². The highest BCUT2D eigenvalue weighted by atomic mass is 79.9. The second kappa shape index (κ2) is 7.80. The van der Waals surface area contributed by atoms with Crippen molar-refractivity contribution in [1.82, 2.24) is 15.1 Å². The van der Waals surface area contributed by atoms with Crippen molar-refractivity contribution in [3.05, 3.63) is 15.9 Å². The van der Waals surface area contributed by atoms with Crippen LogP contribution in [0.4, 0.5) is 0 Å². The number of rotatable bonds is 8. The van der Waals surface area contributed by atoms with Gasteiger partial charge in [-0.25, -0.2) is 0 Å². The normalized spacial score (nSPS) is 12.7. The van der Waals surface area contributed by atoms with Crippen molar-refractivity contribution in [2.24, 2.45) is 5.92 Å². The summed E-state index contributed by atoms with van der Waals surface area (Å²) in [5.41, 5.74) is 2.04. The number of carbonyl (C=O) groups excluding carboxylic acids is 1. The van der Waals surface area contributed by atoms with Gasteiger partial charge in [0.15, 0.2) is 0 Å². The van der Waals surface area contributed by atoms with Crippen LogP contribution in [0.2, 0.25) is 0 Å². The molecule has 0 fully saturated rings. The number of Topliss-reactive ketones (excluding diaryl/α,β-unsaturated/α-hetero) is 1. The molecule has 1 aromatic rings. The standard InChI is InChI=1S/C14H24BrN3O/c1-5-11-14(15)12(18(7-3)17-11)8-13(19)10(4)9-16-6-2/h10,16H,5-9H2,1-4H3. The lowest BCUT2D eigenvalue weighted by molar-refractivity contribution is -0.121. The fraction of sp³-hybridized carbons (Fsp3) is 0.714. The third-order valence-electron chi connectivity index (χ3n) is 3.29. The Morgan fingerprint density at radius 2 is 2.11 bits per heavy atom. The summed E-state index contributed by atoms with van der Waals surface area (Å²) in [6, 6.07) is 0. The molecule has 0 aliphatic heterocycles. The molecule has 1 heterocycles. The zero-order valence-corrected chi connectivity index (χ0v) is 13.9. The van der Waals surface area contributed by atoms with Gasteiger partial charge in [0, 0.05) is 25.4 Å². The van der Waals surface area contributed by atoms with Crippen molar-refractivity contribution in [3.63, 3.8) is 0 Å². The lowest BCUT2D eigenvalue weighted by Gasteiger charge is -2.11. The number of halogens is 1. The number of ketones is 1. The van der Waals surface area contributed by atoms with E-state index in [9.17, 15) is 4.79 Å². The van der Waals surface area contributed by atoms with Crippen LogP contribution in [0, 0.1) is 5.92 Å². The van der Waals surface area contributed by atoms with Crippen molar-refractivity contribution in [2.45, 2.75) is 47.1 Å². The minimum atomic E-state index is 0.0390. The highest BCUT2D eigenvalue weighted by Gasteiger charge is 2.20. The first-order valence-electron chi connectivity index (χ1n) is 7.02. The fourth-order valence-corrected chi connectivity index (χ4v) is 2.70. The molecule has 0 radical (unpaired) electrons. The van der Waals surface area contributed by atoms with E-state index in [2.05, 4.69) is 40.2 Å². The molecule has 0 saturated carbocycles. The predicted molar refractivity (Wildman–Crippen MR) is 81.4 cm³/mol. The average molecular weight is 330 g/mol. The maximum Gasteiger partial charge on any atom is 0.142 e. The van der Waals surface area contributed by atoms with Gasteiger partial charge in [-0.2, -0.15) is 5.10 Å². The Kier molecular flexibility index (Phi) is 6.72. The molecule has 1 N–H and O–H groups in total. The highest BCUT2D eigenvalue weighted by molar-refractivity contribution is 9.10. The second-order valence-electron chi connectivity index (χ2n) is 4.73. The monoisotopic (exact) mass is 329 g/mol. The molecule has 108 valence electrons. The molecule has 0 bridgehead atoms. The van der Waals surface area contributed by atoms with Crippen molar-refractivity contribution in [1.29, 1.82) is 0 Å². The van der Waals surface area contributed by atoms with E-state index in [1.165, 1.54) is 0 Å². The van der Waals surface area contributed by atoms with Crippen LogP contribution in [0.25, 0.3) is 0 Å². The molecule has 1 unspecified atom stereocenters. The van der Waals surface area contributed by atoms with Gasteiger partial charge in [-0.3, -0.25) is 9.48 Å². The lowest BCUT2D eigenvalue weighted by atomic mass is 10.0. The van der Waals surface area contributed by atoms with Gasteiger partial charge in [0.05, 0.1) is 15.9 Å². The summed E-state index contributed by atoms with van der Waals surface area (Å²) < 4.78 is 2.93. The van der Waals surface area contributed by atoms with Gasteiger partial charge in [0.25, 0.3) is 0 Å². The summed E-state index contributed by atoms with van der Waals surface area (Å²) in [6.07, 6.45) is 1.33. The SMILES string of the molecule is CCNCC(C)C(=O)Cc1c(Br)c(CC)nn1CC. The molecular formula is C14H24BrN3O. The summed E-state index contributed by atoms with van der Waals surface area (Å²) in [5.74, 6) is 0.302.